The summed E-state index contributed by atoms with van der Waals surface area (Å²) >= 11 is 0. The lowest BCUT2D eigenvalue weighted by atomic mass is 10.1. The molecule has 1 heterocycles. The Bertz CT molecular complexity index is 407. The number of esters is 1. The van der Waals surface area contributed by atoms with E-state index in [0.717, 1.165) is 12.4 Å². The highest BCUT2D eigenvalue weighted by molar-refractivity contribution is 5.85. The standard InChI is InChI=1S/C11H17N3O2/c1-4-16-10(15)9-13-12-8(2)14(9)7-11(3)5-6-11/h4-7H2,1-3H3. The van der Waals surface area contributed by atoms with Gasteiger partial charge in [-0.2, -0.15) is 0 Å². The molecule has 1 aliphatic rings. The predicted octanol–water partition coefficient (Wildman–Crippen LogP) is 1.56. The number of aromatic nitrogens is 3. The zero-order valence-corrected chi connectivity index (χ0v) is 9.99. The Morgan fingerprint density at radius 1 is 1.50 bits per heavy atom. The predicted molar refractivity (Wildman–Crippen MR) is 58.1 cm³/mol. The van der Waals surface area contributed by atoms with Crippen LogP contribution in [0.2, 0.25) is 0 Å². The third-order valence-electron chi connectivity index (χ3n) is 3.04. The quantitative estimate of drug-likeness (QED) is 0.727. The fourth-order valence-electron chi connectivity index (χ4n) is 1.67. The van der Waals surface area contributed by atoms with Crippen LogP contribution in [0.1, 0.15) is 43.1 Å². The molecule has 0 aliphatic heterocycles. The summed E-state index contributed by atoms with van der Waals surface area (Å²) in [6.07, 6.45) is 2.40. The van der Waals surface area contributed by atoms with Crippen molar-refractivity contribution >= 4 is 5.97 Å². The van der Waals surface area contributed by atoms with Gasteiger partial charge in [-0.3, -0.25) is 0 Å². The van der Waals surface area contributed by atoms with Crippen molar-refractivity contribution in [2.75, 3.05) is 6.61 Å². The summed E-state index contributed by atoms with van der Waals surface area (Å²) in [6.45, 7) is 7.03. The van der Waals surface area contributed by atoms with Gasteiger partial charge in [0.2, 0.25) is 5.82 Å². The molecule has 0 bridgehead atoms. The lowest BCUT2D eigenvalue weighted by Crippen LogP contribution is -2.18. The van der Waals surface area contributed by atoms with Crippen LogP contribution < -0.4 is 0 Å². The van der Waals surface area contributed by atoms with Gasteiger partial charge in [-0.15, -0.1) is 10.2 Å². The van der Waals surface area contributed by atoms with E-state index < -0.39 is 0 Å². The van der Waals surface area contributed by atoms with E-state index in [1.165, 1.54) is 12.8 Å². The van der Waals surface area contributed by atoms with E-state index in [1.54, 1.807) is 6.92 Å². The fraction of sp³-hybridized carbons (Fsp3) is 0.727. The van der Waals surface area contributed by atoms with E-state index in [2.05, 4.69) is 17.1 Å². The van der Waals surface area contributed by atoms with Crippen molar-refractivity contribution in [3.05, 3.63) is 11.6 Å². The smallest absolute Gasteiger partial charge is 0.376 e. The Morgan fingerprint density at radius 2 is 2.19 bits per heavy atom. The first-order valence-corrected chi connectivity index (χ1v) is 5.63. The van der Waals surface area contributed by atoms with Gasteiger partial charge in [0, 0.05) is 6.54 Å². The van der Waals surface area contributed by atoms with E-state index in [4.69, 9.17) is 4.74 Å². The highest BCUT2D eigenvalue weighted by atomic mass is 16.5. The highest BCUT2D eigenvalue weighted by Crippen LogP contribution is 2.46. The number of carbonyl (C=O) groups excluding carboxylic acids is 1. The van der Waals surface area contributed by atoms with Crippen LogP contribution in [-0.4, -0.2) is 27.3 Å². The molecule has 5 heteroatoms. The number of ether oxygens (including phenoxy) is 1. The Kier molecular flexibility index (Phi) is 2.69. The molecule has 0 N–H and O–H groups in total. The Balaban J connectivity index is 2.21. The lowest BCUT2D eigenvalue weighted by Gasteiger charge is -2.12. The van der Waals surface area contributed by atoms with Crippen LogP contribution in [0.4, 0.5) is 0 Å². The maximum absolute atomic E-state index is 11.6. The first kappa shape index (κ1) is 11.1. The van der Waals surface area contributed by atoms with Crippen LogP contribution in [0.15, 0.2) is 0 Å². The van der Waals surface area contributed by atoms with E-state index in [1.807, 2.05) is 11.5 Å². The van der Waals surface area contributed by atoms with Gasteiger partial charge in [0.15, 0.2) is 0 Å². The molecule has 0 amide bonds. The second-order valence-corrected chi connectivity index (χ2v) is 4.69. The number of hydrogen-bond donors (Lipinski definition) is 0. The Hall–Kier alpha value is -1.39. The third-order valence-corrected chi connectivity index (χ3v) is 3.04. The molecule has 0 radical (unpaired) electrons. The highest BCUT2D eigenvalue weighted by Gasteiger charge is 2.39. The van der Waals surface area contributed by atoms with Gasteiger partial charge in [0.25, 0.3) is 0 Å². The van der Waals surface area contributed by atoms with Crippen LogP contribution in [0.5, 0.6) is 0 Å². The van der Waals surface area contributed by atoms with Crippen molar-refractivity contribution in [2.45, 2.75) is 40.2 Å². The van der Waals surface area contributed by atoms with Crippen molar-refractivity contribution in [3.63, 3.8) is 0 Å². The molecule has 0 spiro atoms. The van der Waals surface area contributed by atoms with Crippen LogP contribution >= 0.6 is 0 Å². The van der Waals surface area contributed by atoms with Gasteiger partial charge in [0.05, 0.1) is 6.61 Å². The molecule has 0 unspecified atom stereocenters. The van der Waals surface area contributed by atoms with Gasteiger partial charge in [-0.1, -0.05) is 6.92 Å². The van der Waals surface area contributed by atoms with Gasteiger partial charge in [-0.25, -0.2) is 4.79 Å². The number of hydrogen-bond acceptors (Lipinski definition) is 4. The average Bonchev–Trinajstić information content (AvgIpc) is 2.84. The van der Waals surface area contributed by atoms with E-state index in [9.17, 15) is 4.79 Å². The zero-order chi connectivity index (χ0) is 11.8. The molecule has 1 aromatic heterocycles. The van der Waals surface area contributed by atoms with Crippen LogP contribution in [0.25, 0.3) is 0 Å². The summed E-state index contributed by atoms with van der Waals surface area (Å²) in [6, 6.07) is 0. The van der Waals surface area contributed by atoms with Crippen LogP contribution in [0, 0.1) is 12.3 Å². The molecular weight excluding hydrogens is 206 g/mol. The average molecular weight is 223 g/mol. The summed E-state index contributed by atoms with van der Waals surface area (Å²) in [5.74, 6) is 0.719. The molecule has 0 saturated heterocycles. The monoisotopic (exact) mass is 223 g/mol. The normalized spacial score (nSPS) is 17.2. The summed E-state index contributed by atoms with van der Waals surface area (Å²) in [4.78, 5) is 11.6. The van der Waals surface area contributed by atoms with Crippen LogP contribution in [-0.2, 0) is 11.3 Å². The molecule has 5 nitrogen and oxygen atoms in total. The molecule has 0 atom stereocenters. The maximum atomic E-state index is 11.6. The van der Waals surface area contributed by atoms with Gasteiger partial charge >= 0.3 is 5.97 Å². The molecule has 0 aromatic carbocycles. The second kappa shape index (κ2) is 3.88. The summed E-state index contributed by atoms with van der Waals surface area (Å²) in [5, 5.41) is 7.83. The summed E-state index contributed by atoms with van der Waals surface area (Å²) in [5.41, 5.74) is 0.314. The first-order valence-electron chi connectivity index (χ1n) is 5.63. The van der Waals surface area contributed by atoms with E-state index in [-0.39, 0.29) is 5.97 Å². The van der Waals surface area contributed by atoms with E-state index in [0.29, 0.717) is 17.8 Å². The fourth-order valence-corrected chi connectivity index (χ4v) is 1.67. The number of nitrogens with zero attached hydrogens (tertiary/aromatic N) is 3. The van der Waals surface area contributed by atoms with Gasteiger partial charge < -0.3 is 9.30 Å². The Labute approximate surface area is 94.8 Å². The SMILES string of the molecule is CCOC(=O)c1nnc(C)n1CC1(C)CC1. The maximum Gasteiger partial charge on any atom is 0.376 e. The lowest BCUT2D eigenvalue weighted by molar-refractivity contribution is 0.0504. The van der Waals surface area contributed by atoms with Gasteiger partial charge in [-0.05, 0) is 32.1 Å². The number of aryl methyl sites for hydroxylation is 1. The van der Waals surface area contributed by atoms with Crippen LogP contribution in [0.3, 0.4) is 0 Å². The summed E-state index contributed by atoms with van der Waals surface area (Å²) in [7, 11) is 0. The molecule has 1 aromatic rings. The number of rotatable bonds is 4. The minimum absolute atomic E-state index is 0.314. The molecule has 16 heavy (non-hydrogen) atoms. The second-order valence-electron chi connectivity index (χ2n) is 4.69. The first-order chi connectivity index (χ1) is 7.56. The van der Waals surface area contributed by atoms with Crippen molar-refractivity contribution in [1.82, 2.24) is 14.8 Å². The largest absolute Gasteiger partial charge is 0.460 e. The minimum atomic E-state index is -0.382. The molecule has 1 saturated carbocycles. The van der Waals surface area contributed by atoms with E-state index >= 15 is 0 Å². The molecule has 1 aliphatic carbocycles. The minimum Gasteiger partial charge on any atom is -0.460 e. The zero-order valence-electron chi connectivity index (χ0n) is 9.99. The number of carbonyl (C=O) groups is 1. The van der Waals surface area contributed by atoms with Crippen molar-refractivity contribution in [2.24, 2.45) is 5.41 Å². The molecule has 88 valence electrons. The van der Waals surface area contributed by atoms with Crippen molar-refractivity contribution in [1.29, 1.82) is 0 Å². The topological polar surface area (TPSA) is 57.0 Å². The van der Waals surface area contributed by atoms with Crippen molar-refractivity contribution < 1.29 is 9.53 Å². The third kappa shape index (κ3) is 2.08. The van der Waals surface area contributed by atoms with Crippen molar-refractivity contribution in [3.8, 4) is 0 Å². The molecule has 2 rings (SSSR count). The summed E-state index contributed by atoms with van der Waals surface area (Å²) < 4.78 is 6.82. The Morgan fingerprint density at radius 3 is 2.75 bits per heavy atom. The van der Waals surface area contributed by atoms with Gasteiger partial charge in [0.1, 0.15) is 5.82 Å². The molecule has 1 fully saturated rings. The molecular formula is C11H17N3O2.